The number of hydrogen-bond donors (Lipinski definition) is 1. The molecule has 0 amide bonds. The predicted molar refractivity (Wildman–Crippen MR) is 96.1 cm³/mol. The largest absolute Gasteiger partial charge is 0.496 e. The zero-order valence-electron chi connectivity index (χ0n) is 14.2. The van der Waals surface area contributed by atoms with Crippen molar-refractivity contribution in [2.24, 2.45) is 0 Å². The summed E-state index contributed by atoms with van der Waals surface area (Å²) in [5, 5.41) is 7.47. The lowest BCUT2D eigenvalue weighted by Crippen LogP contribution is -2.06. The maximum Gasteiger partial charge on any atom is 0.338 e. The van der Waals surface area contributed by atoms with Gasteiger partial charge in [-0.05, 0) is 41.8 Å². The van der Waals surface area contributed by atoms with E-state index in [1.165, 1.54) is 6.21 Å². The first kappa shape index (κ1) is 17.7. The van der Waals surface area contributed by atoms with Gasteiger partial charge in [0.25, 0.3) is 0 Å². The number of carbonyl (C=O) groups excluding carboxylic acids is 1. The molecule has 2 aromatic rings. The fourth-order valence-corrected chi connectivity index (χ4v) is 2.43. The minimum atomic E-state index is -0.285. The predicted octanol–water partition coefficient (Wildman–Crippen LogP) is 4.71. The average Bonchev–Trinajstić information content (AvgIpc) is 2.64. The van der Waals surface area contributed by atoms with Crippen LogP contribution in [-0.2, 0) is 4.74 Å². The van der Waals surface area contributed by atoms with Crippen molar-refractivity contribution in [1.29, 1.82) is 5.41 Å². The van der Waals surface area contributed by atoms with Crippen molar-refractivity contribution in [2.45, 2.75) is 26.2 Å². The zero-order chi connectivity index (χ0) is 17.4. The maximum atomic E-state index is 12.0. The molecule has 126 valence electrons. The first-order valence-electron chi connectivity index (χ1n) is 8.15. The van der Waals surface area contributed by atoms with Gasteiger partial charge in [0.15, 0.2) is 0 Å². The van der Waals surface area contributed by atoms with Crippen molar-refractivity contribution < 1.29 is 14.3 Å². The fourth-order valence-electron chi connectivity index (χ4n) is 2.43. The van der Waals surface area contributed by atoms with Crippen molar-refractivity contribution in [1.82, 2.24) is 0 Å². The average molecular weight is 325 g/mol. The Balaban J connectivity index is 2.09. The number of ether oxygens (including phenoxy) is 2. The lowest BCUT2D eigenvalue weighted by atomic mass is 10.0. The van der Waals surface area contributed by atoms with E-state index in [9.17, 15) is 4.79 Å². The highest BCUT2D eigenvalue weighted by molar-refractivity contribution is 5.90. The van der Waals surface area contributed by atoms with E-state index in [1.807, 2.05) is 30.3 Å². The number of benzene rings is 2. The van der Waals surface area contributed by atoms with E-state index in [0.29, 0.717) is 17.9 Å². The third-order valence-corrected chi connectivity index (χ3v) is 3.82. The Hall–Kier alpha value is -2.62. The zero-order valence-corrected chi connectivity index (χ0v) is 14.2. The minimum Gasteiger partial charge on any atom is -0.496 e. The quantitative estimate of drug-likeness (QED) is 0.434. The normalized spacial score (nSPS) is 10.2. The summed E-state index contributed by atoms with van der Waals surface area (Å²) in [4.78, 5) is 12.0. The Labute approximate surface area is 142 Å². The van der Waals surface area contributed by atoms with Gasteiger partial charge in [0.1, 0.15) is 5.75 Å². The van der Waals surface area contributed by atoms with Gasteiger partial charge < -0.3 is 14.9 Å². The Kier molecular flexibility index (Phi) is 6.55. The first-order valence-corrected chi connectivity index (χ1v) is 8.15. The van der Waals surface area contributed by atoms with Crippen LogP contribution in [0.3, 0.4) is 0 Å². The Morgan fingerprint density at radius 3 is 2.42 bits per heavy atom. The molecule has 0 fully saturated rings. The number of unbranched alkanes of at least 4 members (excludes halogenated alkanes) is 2. The van der Waals surface area contributed by atoms with E-state index in [0.717, 1.165) is 36.0 Å². The van der Waals surface area contributed by atoms with Gasteiger partial charge in [-0.15, -0.1) is 0 Å². The molecule has 0 unspecified atom stereocenters. The number of rotatable bonds is 8. The molecule has 0 bridgehead atoms. The van der Waals surface area contributed by atoms with Crippen LogP contribution < -0.4 is 4.74 Å². The van der Waals surface area contributed by atoms with E-state index in [4.69, 9.17) is 14.9 Å². The molecule has 4 nitrogen and oxygen atoms in total. The van der Waals surface area contributed by atoms with Crippen molar-refractivity contribution in [2.75, 3.05) is 13.7 Å². The van der Waals surface area contributed by atoms with E-state index < -0.39 is 0 Å². The molecule has 0 radical (unpaired) electrons. The summed E-state index contributed by atoms with van der Waals surface area (Å²) in [7, 11) is 1.59. The highest BCUT2D eigenvalue weighted by Gasteiger charge is 2.08. The second kappa shape index (κ2) is 8.87. The number of hydrogen-bond acceptors (Lipinski definition) is 4. The van der Waals surface area contributed by atoms with Crippen LogP contribution in [0.5, 0.6) is 5.75 Å². The molecule has 0 atom stereocenters. The molecule has 0 saturated heterocycles. The Morgan fingerprint density at radius 1 is 1.08 bits per heavy atom. The summed E-state index contributed by atoms with van der Waals surface area (Å²) in [5.41, 5.74) is 3.21. The van der Waals surface area contributed by atoms with Crippen LogP contribution in [0.15, 0.2) is 42.5 Å². The van der Waals surface area contributed by atoms with Crippen molar-refractivity contribution in [3.05, 3.63) is 53.6 Å². The monoisotopic (exact) mass is 325 g/mol. The molecular weight excluding hydrogens is 302 g/mol. The van der Waals surface area contributed by atoms with Crippen molar-refractivity contribution in [3.63, 3.8) is 0 Å². The van der Waals surface area contributed by atoms with Crippen LogP contribution in [0.2, 0.25) is 0 Å². The Morgan fingerprint density at radius 2 is 1.79 bits per heavy atom. The highest BCUT2D eigenvalue weighted by Crippen LogP contribution is 2.26. The Bertz CT molecular complexity index is 693. The summed E-state index contributed by atoms with van der Waals surface area (Å²) in [6.45, 7) is 2.58. The number of carbonyl (C=O) groups is 1. The molecule has 24 heavy (non-hydrogen) atoms. The molecule has 0 aromatic heterocycles. The van der Waals surface area contributed by atoms with Gasteiger partial charge in [-0.2, -0.15) is 0 Å². The van der Waals surface area contributed by atoms with Crippen LogP contribution >= 0.6 is 0 Å². The molecule has 2 aromatic carbocycles. The molecule has 0 aliphatic heterocycles. The molecule has 0 heterocycles. The molecule has 0 saturated carbocycles. The molecule has 0 spiro atoms. The van der Waals surface area contributed by atoms with Gasteiger partial charge >= 0.3 is 5.97 Å². The maximum absolute atomic E-state index is 12.0. The SMILES string of the molecule is CCCCCOC(=O)c1ccc(-c2ccc(OC)c(C=N)c2)cc1. The van der Waals surface area contributed by atoms with Crippen molar-refractivity contribution in [3.8, 4) is 16.9 Å². The van der Waals surface area contributed by atoms with Crippen LogP contribution in [0, 0.1) is 5.41 Å². The van der Waals surface area contributed by atoms with Gasteiger partial charge in [-0.25, -0.2) is 4.79 Å². The summed E-state index contributed by atoms with van der Waals surface area (Å²) < 4.78 is 10.5. The molecule has 0 aliphatic carbocycles. The van der Waals surface area contributed by atoms with E-state index >= 15 is 0 Å². The highest BCUT2D eigenvalue weighted by atomic mass is 16.5. The summed E-state index contributed by atoms with van der Waals surface area (Å²) in [5.74, 6) is 0.383. The number of methoxy groups -OCH3 is 1. The minimum absolute atomic E-state index is 0.285. The third kappa shape index (κ3) is 4.44. The molecule has 0 aliphatic rings. The van der Waals surface area contributed by atoms with Crippen LogP contribution in [0.4, 0.5) is 0 Å². The molecule has 4 heteroatoms. The van der Waals surface area contributed by atoms with Gasteiger partial charge in [0.2, 0.25) is 0 Å². The lowest BCUT2D eigenvalue weighted by Gasteiger charge is -2.09. The van der Waals surface area contributed by atoms with Crippen LogP contribution in [-0.4, -0.2) is 25.9 Å². The summed E-state index contributed by atoms with van der Waals surface area (Å²) >= 11 is 0. The molecular formula is C20H23NO3. The first-order chi connectivity index (χ1) is 11.7. The lowest BCUT2D eigenvalue weighted by molar-refractivity contribution is 0.0498. The van der Waals surface area contributed by atoms with Gasteiger partial charge in [-0.3, -0.25) is 0 Å². The van der Waals surface area contributed by atoms with E-state index in [2.05, 4.69) is 6.92 Å². The summed E-state index contributed by atoms with van der Waals surface area (Å²) in [6.07, 6.45) is 4.34. The van der Waals surface area contributed by atoms with Gasteiger partial charge in [0.05, 0.1) is 19.3 Å². The topological polar surface area (TPSA) is 59.4 Å². The third-order valence-electron chi connectivity index (χ3n) is 3.82. The smallest absolute Gasteiger partial charge is 0.338 e. The van der Waals surface area contributed by atoms with Crippen molar-refractivity contribution >= 4 is 12.2 Å². The van der Waals surface area contributed by atoms with Crippen LogP contribution in [0.25, 0.3) is 11.1 Å². The van der Waals surface area contributed by atoms with E-state index in [-0.39, 0.29) is 5.97 Å². The summed E-state index contributed by atoms with van der Waals surface area (Å²) in [6, 6.07) is 13.0. The van der Waals surface area contributed by atoms with Gasteiger partial charge in [-0.1, -0.05) is 38.0 Å². The molecule has 1 N–H and O–H groups in total. The second-order valence-corrected chi connectivity index (χ2v) is 5.52. The number of esters is 1. The van der Waals surface area contributed by atoms with Gasteiger partial charge in [0, 0.05) is 11.8 Å². The van der Waals surface area contributed by atoms with E-state index in [1.54, 1.807) is 19.2 Å². The standard InChI is InChI=1S/C20H23NO3/c1-3-4-5-12-24-20(22)16-8-6-15(7-9-16)17-10-11-19(23-2)18(13-17)14-21/h6-11,13-14,21H,3-5,12H2,1-2H3. The fraction of sp³-hybridized carbons (Fsp3) is 0.300. The van der Waals surface area contributed by atoms with Crippen LogP contribution in [0.1, 0.15) is 42.1 Å². The number of nitrogens with one attached hydrogen (secondary N) is 1. The molecule has 2 rings (SSSR count). The second-order valence-electron chi connectivity index (χ2n) is 5.52.